The smallest absolute Gasteiger partial charge is 0.227 e. The normalized spacial score (nSPS) is 15.4. The van der Waals surface area contributed by atoms with Gasteiger partial charge in [-0.2, -0.15) is 0 Å². The maximum atomic E-state index is 6.10. The molecule has 4 nitrogen and oxygen atoms in total. The van der Waals surface area contributed by atoms with E-state index in [9.17, 15) is 0 Å². The molecule has 6 heteroatoms. The second-order valence-electron chi connectivity index (χ2n) is 6.37. The molecule has 0 spiro atoms. The fourth-order valence-corrected chi connectivity index (χ4v) is 3.84. The molecule has 0 atom stereocenters. The molecule has 4 rings (SSSR count). The molecule has 0 N–H and O–H groups in total. The maximum Gasteiger partial charge on any atom is 0.227 e. The van der Waals surface area contributed by atoms with Gasteiger partial charge in [-0.1, -0.05) is 29.8 Å². The molecule has 0 radical (unpaired) electrons. The summed E-state index contributed by atoms with van der Waals surface area (Å²) < 4.78 is 6.67. The third kappa shape index (κ3) is 3.95. The molecule has 1 saturated heterocycles. The number of piperazine rings is 1. The summed E-state index contributed by atoms with van der Waals surface area (Å²) in [6, 6.07) is 16.0. The highest BCUT2D eigenvalue weighted by atomic mass is 79.9. The first-order chi connectivity index (χ1) is 12.7. The number of benzene rings is 2. The van der Waals surface area contributed by atoms with Gasteiger partial charge in [-0.05, 0) is 46.3 Å². The van der Waals surface area contributed by atoms with Crippen molar-refractivity contribution in [2.24, 2.45) is 0 Å². The van der Waals surface area contributed by atoms with Crippen LogP contribution in [-0.4, -0.2) is 36.1 Å². The van der Waals surface area contributed by atoms with Gasteiger partial charge in [-0.15, -0.1) is 0 Å². The lowest BCUT2D eigenvalue weighted by Crippen LogP contribution is -2.46. The van der Waals surface area contributed by atoms with E-state index >= 15 is 0 Å². The second kappa shape index (κ2) is 7.82. The Morgan fingerprint density at radius 2 is 1.85 bits per heavy atom. The van der Waals surface area contributed by atoms with Crippen LogP contribution in [0.15, 0.2) is 63.7 Å². The van der Waals surface area contributed by atoms with E-state index in [0.717, 1.165) is 53.5 Å². The third-order valence-electron chi connectivity index (χ3n) is 4.59. The van der Waals surface area contributed by atoms with Crippen molar-refractivity contribution in [1.29, 1.82) is 0 Å². The average Bonchev–Trinajstić information content (AvgIpc) is 3.11. The summed E-state index contributed by atoms with van der Waals surface area (Å²) in [6.07, 6.45) is 1.76. The molecule has 0 aliphatic carbocycles. The Balaban J connectivity index is 1.37. The molecule has 26 heavy (non-hydrogen) atoms. The summed E-state index contributed by atoms with van der Waals surface area (Å²) in [5.41, 5.74) is 3.13. The van der Waals surface area contributed by atoms with Crippen molar-refractivity contribution in [3.8, 4) is 11.5 Å². The Labute approximate surface area is 166 Å². The first-order valence-corrected chi connectivity index (χ1v) is 9.78. The van der Waals surface area contributed by atoms with Gasteiger partial charge in [0.05, 0.1) is 11.3 Å². The van der Waals surface area contributed by atoms with Crippen molar-refractivity contribution < 1.29 is 4.42 Å². The minimum Gasteiger partial charge on any atom is -0.444 e. The van der Waals surface area contributed by atoms with Gasteiger partial charge in [-0.3, -0.25) is 4.90 Å². The molecule has 0 unspecified atom stereocenters. The summed E-state index contributed by atoms with van der Waals surface area (Å²) in [4.78, 5) is 9.43. The predicted octanol–water partition coefficient (Wildman–Crippen LogP) is 5.08. The van der Waals surface area contributed by atoms with E-state index in [1.54, 1.807) is 6.26 Å². The van der Waals surface area contributed by atoms with E-state index in [0.29, 0.717) is 5.89 Å². The van der Waals surface area contributed by atoms with E-state index < -0.39 is 0 Å². The largest absolute Gasteiger partial charge is 0.444 e. The van der Waals surface area contributed by atoms with Crippen LogP contribution in [0.5, 0.6) is 0 Å². The summed E-state index contributed by atoms with van der Waals surface area (Å²) >= 11 is 9.65. The number of hydrogen-bond acceptors (Lipinski definition) is 4. The standard InChI is InChI=1S/C20H19BrClN3O/c21-19-7-2-1-6-18(19)20-23-16(14-26-20)13-24-8-10-25(11-9-24)17-5-3-4-15(22)12-17/h1-7,12,14H,8-11,13H2. The van der Waals surface area contributed by atoms with Crippen LogP contribution in [0.25, 0.3) is 11.5 Å². The first-order valence-electron chi connectivity index (χ1n) is 8.61. The van der Waals surface area contributed by atoms with Crippen molar-refractivity contribution in [1.82, 2.24) is 9.88 Å². The molecule has 2 aromatic carbocycles. The van der Waals surface area contributed by atoms with Crippen molar-refractivity contribution in [2.75, 3.05) is 31.1 Å². The van der Waals surface area contributed by atoms with Crippen molar-refractivity contribution in [2.45, 2.75) is 6.54 Å². The maximum absolute atomic E-state index is 6.10. The molecule has 134 valence electrons. The minimum absolute atomic E-state index is 0.657. The molecule has 0 bridgehead atoms. The monoisotopic (exact) mass is 431 g/mol. The van der Waals surface area contributed by atoms with Crippen molar-refractivity contribution >= 4 is 33.2 Å². The molecule has 1 fully saturated rings. The Bertz CT molecular complexity index is 890. The summed E-state index contributed by atoms with van der Waals surface area (Å²) in [7, 11) is 0. The number of halogens is 2. The Morgan fingerprint density at radius 3 is 2.62 bits per heavy atom. The van der Waals surface area contributed by atoms with Gasteiger partial charge in [0.1, 0.15) is 6.26 Å². The predicted molar refractivity (Wildman–Crippen MR) is 109 cm³/mol. The molecule has 1 aliphatic rings. The van der Waals surface area contributed by atoms with Crippen LogP contribution in [0.4, 0.5) is 5.69 Å². The first kappa shape index (κ1) is 17.6. The SMILES string of the molecule is Clc1cccc(N2CCN(Cc3coc(-c4ccccc4Br)n3)CC2)c1. The number of rotatable bonds is 4. The third-order valence-corrected chi connectivity index (χ3v) is 5.51. The van der Waals surface area contributed by atoms with Crippen LogP contribution in [0.1, 0.15) is 5.69 Å². The Morgan fingerprint density at radius 1 is 1.04 bits per heavy atom. The summed E-state index contributed by atoms with van der Waals surface area (Å²) in [5.74, 6) is 0.657. The molecule has 1 aliphatic heterocycles. The van der Waals surface area contributed by atoms with Gasteiger partial charge in [0.15, 0.2) is 0 Å². The van der Waals surface area contributed by atoms with E-state index in [-0.39, 0.29) is 0 Å². The zero-order chi connectivity index (χ0) is 17.9. The highest BCUT2D eigenvalue weighted by Gasteiger charge is 2.19. The van der Waals surface area contributed by atoms with Gasteiger partial charge >= 0.3 is 0 Å². The zero-order valence-electron chi connectivity index (χ0n) is 14.2. The molecule has 0 amide bonds. The topological polar surface area (TPSA) is 32.5 Å². The molecule has 1 aromatic heterocycles. The lowest BCUT2D eigenvalue weighted by molar-refractivity contribution is 0.247. The van der Waals surface area contributed by atoms with Crippen molar-refractivity contribution in [3.05, 3.63) is 70.0 Å². The average molecular weight is 433 g/mol. The van der Waals surface area contributed by atoms with E-state index in [1.807, 2.05) is 42.5 Å². The quantitative estimate of drug-likeness (QED) is 0.575. The van der Waals surface area contributed by atoms with E-state index in [2.05, 4.69) is 36.8 Å². The van der Waals surface area contributed by atoms with Crippen LogP contribution in [0.3, 0.4) is 0 Å². The summed E-state index contributed by atoms with van der Waals surface area (Å²) in [5, 5.41) is 0.784. The lowest BCUT2D eigenvalue weighted by atomic mass is 10.2. The number of aromatic nitrogens is 1. The van der Waals surface area contributed by atoms with Gasteiger partial charge in [0.2, 0.25) is 5.89 Å². The van der Waals surface area contributed by atoms with Crippen LogP contribution in [-0.2, 0) is 6.54 Å². The highest BCUT2D eigenvalue weighted by Crippen LogP contribution is 2.27. The van der Waals surface area contributed by atoms with Crippen LogP contribution < -0.4 is 4.90 Å². The van der Waals surface area contributed by atoms with Gasteiger partial charge < -0.3 is 9.32 Å². The fraction of sp³-hybridized carbons (Fsp3) is 0.250. The second-order valence-corrected chi connectivity index (χ2v) is 7.66. The number of hydrogen-bond donors (Lipinski definition) is 0. The molecule has 3 aromatic rings. The van der Waals surface area contributed by atoms with Gasteiger partial charge in [0.25, 0.3) is 0 Å². The Hall–Kier alpha value is -1.82. The van der Waals surface area contributed by atoms with Crippen LogP contribution >= 0.6 is 27.5 Å². The molecule has 2 heterocycles. The molecular formula is C20H19BrClN3O. The number of anilines is 1. The zero-order valence-corrected chi connectivity index (χ0v) is 16.6. The number of nitrogens with zero attached hydrogens (tertiary/aromatic N) is 3. The fourth-order valence-electron chi connectivity index (χ4n) is 3.20. The van der Waals surface area contributed by atoms with E-state index in [1.165, 1.54) is 5.69 Å². The minimum atomic E-state index is 0.657. The molecular weight excluding hydrogens is 414 g/mol. The lowest BCUT2D eigenvalue weighted by Gasteiger charge is -2.35. The van der Waals surface area contributed by atoms with Gasteiger partial charge in [0, 0.05) is 47.9 Å². The highest BCUT2D eigenvalue weighted by molar-refractivity contribution is 9.10. The van der Waals surface area contributed by atoms with E-state index in [4.69, 9.17) is 16.0 Å². The van der Waals surface area contributed by atoms with Crippen LogP contribution in [0.2, 0.25) is 5.02 Å². The van der Waals surface area contributed by atoms with Crippen molar-refractivity contribution in [3.63, 3.8) is 0 Å². The number of oxazole rings is 1. The summed E-state index contributed by atoms with van der Waals surface area (Å²) in [6.45, 7) is 4.75. The van der Waals surface area contributed by atoms with Crippen LogP contribution in [0, 0.1) is 0 Å². The molecule has 0 saturated carbocycles. The van der Waals surface area contributed by atoms with Gasteiger partial charge in [-0.25, -0.2) is 4.98 Å². The Kier molecular flexibility index (Phi) is 5.29.